The lowest BCUT2D eigenvalue weighted by atomic mass is 9.93. The number of carbonyl (C=O) groups is 2. The fourth-order valence-corrected chi connectivity index (χ4v) is 2.28. The maximum Gasteiger partial charge on any atom is 0.411 e. The molecule has 0 aromatic rings. The van der Waals surface area contributed by atoms with E-state index in [0.29, 0.717) is 12.8 Å². The minimum absolute atomic E-state index is 0.224. The number of halogens is 3. The molecule has 1 saturated carbocycles. The van der Waals surface area contributed by atoms with Crippen molar-refractivity contribution in [3.8, 4) is 0 Å². The molecule has 1 rings (SSSR count). The number of aliphatic carboxylic acids is 1. The number of hydrogen-bond donors (Lipinski definition) is 2. The second-order valence-corrected chi connectivity index (χ2v) is 4.71. The van der Waals surface area contributed by atoms with Gasteiger partial charge in [0.05, 0.1) is 12.0 Å². The van der Waals surface area contributed by atoms with E-state index in [1.54, 1.807) is 0 Å². The third-order valence-corrected chi connectivity index (χ3v) is 2.95. The molecule has 0 aromatic heterocycles. The summed E-state index contributed by atoms with van der Waals surface area (Å²) in [5.74, 6) is -1.76. The molecule has 0 spiro atoms. The summed E-state index contributed by atoms with van der Waals surface area (Å²) in [5.41, 5.74) is -0.843. The maximum absolute atomic E-state index is 11.8. The molecule has 1 fully saturated rings. The van der Waals surface area contributed by atoms with E-state index >= 15 is 0 Å². The molecular weight excluding hydrogens is 267 g/mol. The lowest BCUT2D eigenvalue weighted by Crippen LogP contribution is -2.49. The standard InChI is InChI=1S/C11H16F3NO4/c12-11(13,14)7-19-6-8(16)15-10(5-9(17)18)3-1-2-4-10/h1-7H2,(H,15,16)(H,17,18). The van der Waals surface area contributed by atoms with Crippen LogP contribution in [0.4, 0.5) is 13.2 Å². The van der Waals surface area contributed by atoms with E-state index in [9.17, 15) is 22.8 Å². The molecule has 110 valence electrons. The zero-order valence-corrected chi connectivity index (χ0v) is 10.3. The summed E-state index contributed by atoms with van der Waals surface area (Å²) in [5, 5.41) is 11.3. The Bertz CT molecular complexity index is 337. The van der Waals surface area contributed by atoms with E-state index in [2.05, 4.69) is 10.1 Å². The van der Waals surface area contributed by atoms with Crippen LogP contribution in [0.2, 0.25) is 0 Å². The van der Waals surface area contributed by atoms with Crippen molar-refractivity contribution in [1.29, 1.82) is 0 Å². The molecule has 1 aliphatic rings. The Kier molecular flexibility index (Phi) is 5.16. The lowest BCUT2D eigenvalue weighted by molar-refractivity contribution is -0.176. The predicted molar refractivity (Wildman–Crippen MR) is 58.5 cm³/mol. The zero-order chi connectivity index (χ0) is 14.5. The van der Waals surface area contributed by atoms with Crippen LogP contribution in [-0.4, -0.2) is 41.9 Å². The summed E-state index contributed by atoms with van der Waals surface area (Å²) < 4.78 is 39.7. The van der Waals surface area contributed by atoms with Crippen LogP contribution >= 0.6 is 0 Å². The Morgan fingerprint density at radius 1 is 1.26 bits per heavy atom. The van der Waals surface area contributed by atoms with E-state index in [1.165, 1.54) is 0 Å². The highest BCUT2D eigenvalue weighted by molar-refractivity contribution is 5.79. The van der Waals surface area contributed by atoms with Crippen LogP contribution < -0.4 is 5.32 Å². The average Bonchev–Trinajstić information content (AvgIpc) is 2.62. The average molecular weight is 283 g/mol. The minimum Gasteiger partial charge on any atom is -0.481 e. The molecule has 0 aromatic carbocycles. The molecule has 5 nitrogen and oxygen atoms in total. The number of amides is 1. The van der Waals surface area contributed by atoms with Crippen molar-refractivity contribution in [2.45, 2.75) is 43.8 Å². The predicted octanol–water partition coefficient (Wildman–Crippen LogP) is 1.47. The van der Waals surface area contributed by atoms with E-state index in [-0.39, 0.29) is 6.42 Å². The van der Waals surface area contributed by atoms with Gasteiger partial charge in [0.15, 0.2) is 0 Å². The molecule has 0 radical (unpaired) electrons. The van der Waals surface area contributed by atoms with Crippen molar-refractivity contribution in [2.75, 3.05) is 13.2 Å². The third kappa shape index (κ3) is 5.91. The lowest BCUT2D eigenvalue weighted by Gasteiger charge is -2.28. The zero-order valence-electron chi connectivity index (χ0n) is 10.3. The highest BCUT2D eigenvalue weighted by atomic mass is 19.4. The first-order chi connectivity index (χ1) is 8.72. The van der Waals surface area contributed by atoms with Gasteiger partial charge < -0.3 is 15.2 Å². The summed E-state index contributed by atoms with van der Waals surface area (Å²) in [7, 11) is 0. The molecule has 0 aliphatic heterocycles. The molecule has 0 heterocycles. The summed E-state index contributed by atoms with van der Waals surface area (Å²) >= 11 is 0. The minimum atomic E-state index is -4.48. The highest BCUT2D eigenvalue weighted by Gasteiger charge is 2.37. The van der Waals surface area contributed by atoms with Gasteiger partial charge in [0, 0.05) is 0 Å². The highest BCUT2D eigenvalue weighted by Crippen LogP contribution is 2.32. The number of carboxylic acid groups (broad SMARTS) is 1. The van der Waals surface area contributed by atoms with Gasteiger partial charge in [-0.05, 0) is 12.8 Å². The molecule has 19 heavy (non-hydrogen) atoms. The topological polar surface area (TPSA) is 75.6 Å². The van der Waals surface area contributed by atoms with Crippen molar-refractivity contribution in [2.24, 2.45) is 0 Å². The molecule has 0 bridgehead atoms. The molecule has 0 saturated heterocycles. The van der Waals surface area contributed by atoms with Gasteiger partial charge in [0.1, 0.15) is 13.2 Å². The summed E-state index contributed by atoms with van der Waals surface area (Å²) in [6, 6.07) is 0. The van der Waals surface area contributed by atoms with Gasteiger partial charge in [-0.3, -0.25) is 9.59 Å². The largest absolute Gasteiger partial charge is 0.481 e. The smallest absolute Gasteiger partial charge is 0.411 e. The van der Waals surface area contributed by atoms with Gasteiger partial charge in [-0.1, -0.05) is 12.8 Å². The summed E-state index contributed by atoms with van der Waals surface area (Å²) in [6.45, 7) is -2.22. The van der Waals surface area contributed by atoms with E-state index in [0.717, 1.165) is 12.8 Å². The fourth-order valence-electron chi connectivity index (χ4n) is 2.28. The van der Waals surface area contributed by atoms with Crippen molar-refractivity contribution in [1.82, 2.24) is 5.32 Å². The van der Waals surface area contributed by atoms with Gasteiger partial charge in [-0.15, -0.1) is 0 Å². The van der Waals surface area contributed by atoms with E-state index in [1.807, 2.05) is 0 Å². The quantitative estimate of drug-likeness (QED) is 0.774. The molecule has 8 heteroatoms. The number of ether oxygens (including phenoxy) is 1. The first-order valence-corrected chi connectivity index (χ1v) is 5.90. The Hall–Kier alpha value is -1.31. The van der Waals surface area contributed by atoms with E-state index in [4.69, 9.17) is 5.11 Å². The fraction of sp³-hybridized carbons (Fsp3) is 0.818. The van der Waals surface area contributed by atoms with Crippen LogP contribution in [0.5, 0.6) is 0 Å². The number of carbonyl (C=O) groups excluding carboxylic acids is 1. The van der Waals surface area contributed by atoms with Gasteiger partial charge in [-0.2, -0.15) is 13.2 Å². The second-order valence-electron chi connectivity index (χ2n) is 4.71. The summed E-state index contributed by atoms with van der Waals surface area (Å²) in [6.07, 6.45) is -2.09. The Balaban J connectivity index is 2.42. The SMILES string of the molecule is O=C(O)CC1(NC(=O)COCC(F)(F)F)CCCC1. The first-order valence-electron chi connectivity index (χ1n) is 5.90. The van der Waals surface area contributed by atoms with Gasteiger partial charge in [0.2, 0.25) is 5.91 Å². The number of rotatable bonds is 6. The second kappa shape index (κ2) is 6.23. The van der Waals surface area contributed by atoms with Crippen LogP contribution in [0.1, 0.15) is 32.1 Å². The van der Waals surface area contributed by atoms with Crippen molar-refractivity contribution in [3.05, 3.63) is 0 Å². The third-order valence-electron chi connectivity index (χ3n) is 2.95. The van der Waals surface area contributed by atoms with Gasteiger partial charge in [0.25, 0.3) is 0 Å². The number of alkyl halides is 3. The molecule has 0 atom stereocenters. The monoisotopic (exact) mass is 283 g/mol. The van der Waals surface area contributed by atoms with Crippen LogP contribution in [0.25, 0.3) is 0 Å². The van der Waals surface area contributed by atoms with Gasteiger partial charge >= 0.3 is 12.1 Å². The van der Waals surface area contributed by atoms with Crippen LogP contribution in [0, 0.1) is 0 Å². The van der Waals surface area contributed by atoms with Crippen molar-refractivity contribution < 1.29 is 32.6 Å². The molecular formula is C11H16F3NO4. The number of nitrogens with one attached hydrogen (secondary N) is 1. The van der Waals surface area contributed by atoms with E-state index < -0.39 is 36.8 Å². The normalized spacial score (nSPS) is 18.3. The van der Waals surface area contributed by atoms with Gasteiger partial charge in [-0.25, -0.2) is 0 Å². The number of carboxylic acids is 1. The summed E-state index contributed by atoms with van der Waals surface area (Å²) in [4.78, 5) is 22.2. The Labute approximate surface area is 108 Å². The Morgan fingerprint density at radius 2 is 1.84 bits per heavy atom. The van der Waals surface area contributed by atoms with Crippen LogP contribution in [-0.2, 0) is 14.3 Å². The molecule has 2 N–H and O–H groups in total. The van der Waals surface area contributed by atoms with Crippen molar-refractivity contribution >= 4 is 11.9 Å². The van der Waals surface area contributed by atoms with Crippen LogP contribution in [0.3, 0.4) is 0 Å². The maximum atomic E-state index is 11.8. The number of hydrogen-bond acceptors (Lipinski definition) is 3. The van der Waals surface area contributed by atoms with Crippen molar-refractivity contribution in [3.63, 3.8) is 0 Å². The first kappa shape index (κ1) is 15.7. The molecule has 0 unspecified atom stereocenters. The molecule has 1 amide bonds. The van der Waals surface area contributed by atoms with Crippen LogP contribution in [0.15, 0.2) is 0 Å². The Morgan fingerprint density at radius 3 is 2.32 bits per heavy atom. The molecule has 1 aliphatic carbocycles.